The van der Waals surface area contributed by atoms with Crippen molar-refractivity contribution in [3.8, 4) is 0 Å². The molecule has 124 valence electrons. The molecule has 0 aromatic rings. The molecule has 0 amide bonds. The fourth-order valence-corrected chi connectivity index (χ4v) is 2.94. The predicted octanol–water partition coefficient (Wildman–Crippen LogP) is 4.22. The van der Waals surface area contributed by atoms with Gasteiger partial charge in [0.1, 0.15) is 0 Å². The Labute approximate surface area is 131 Å². The molecule has 3 unspecified atom stereocenters. The van der Waals surface area contributed by atoms with Gasteiger partial charge in [0.25, 0.3) is 0 Å². The summed E-state index contributed by atoms with van der Waals surface area (Å²) in [6, 6.07) is 0. The molecule has 1 fully saturated rings. The summed E-state index contributed by atoms with van der Waals surface area (Å²) in [5.41, 5.74) is 1.27. The van der Waals surface area contributed by atoms with Crippen LogP contribution in [-0.2, 0) is 14.2 Å². The van der Waals surface area contributed by atoms with Gasteiger partial charge in [-0.2, -0.15) is 0 Å². The van der Waals surface area contributed by atoms with Crippen molar-refractivity contribution in [2.45, 2.75) is 59.0 Å². The normalized spacial score (nSPS) is 26.0. The molecule has 0 aromatic carbocycles. The molecule has 1 rings (SSSR count). The quantitative estimate of drug-likeness (QED) is 0.422. The molecule has 0 aliphatic heterocycles. The lowest BCUT2D eigenvalue weighted by Crippen LogP contribution is -2.32. The summed E-state index contributed by atoms with van der Waals surface area (Å²) in [4.78, 5) is 0. The second kappa shape index (κ2) is 11.2. The molecule has 3 atom stereocenters. The minimum absolute atomic E-state index is 0.360. The molecule has 1 aliphatic rings. The number of hydrogen-bond donors (Lipinski definition) is 0. The van der Waals surface area contributed by atoms with Crippen molar-refractivity contribution in [3.05, 3.63) is 12.2 Å². The summed E-state index contributed by atoms with van der Waals surface area (Å²) >= 11 is 0. The van der Waals surface area contributed by atoms with Gasteiger partial charge >= 0.3 is 0 Å². The van der Waals surface area contributed by atoms with Crippen LogP contribution in [0.25, 0.3) is 0 Å². The summed E-state index contributed by atoms with van der Waals surface area (Å²) in [5.74, 6) is 1.32. The third kappa shape index (κ3) is 7.98. The van der Waals surface area contributed by atoms with Crippen LogP contribution in [0.1, 0.15) is 52.9 Å². The maximum absolute atomic E-state index is 6.10. The standard InChI is InChI=1S/C18H34O3/c1-5-9-19-12-13-20-10-6-11-21-18-14-16(4)7-8-17(18)15(2)3/h16-18H,2,5-14H2,1,3-4H3. The Morgan fingerprint density at radius 1 is 1.05 bits per heavy atom. The molecule has 0 heterocycles. The summed E-state index contributed by atoms with van der Waals surface area (Å²) < 4.78 is 17.0. The largest absolute Gasteiger partial charge is 0.379 e. The van der Waals surface area contributed by atoms with Crippen LogP contribution in [0, 0.1) is 11.8 Å². The SMILES string of the molecule is C=C(C)C1CCC(C)CC1OCCCOCCOCCC. The van der Waals surface area contributed by atoms with Gasteiger partial charge in [-0.3, -0.25) is 0 Å². The molecule has 3 nitrogen and oxygen atoms in total. The van der Waals surface area contributed by atoms with Crippen molar-refractivity contribution in [2.24, 2.45) is 11.8 Å². The fourth-order valence-electron chi connectivity index (χ4n) is 2.94. The second-order valence-corrected chi connectivity index (χ2v) is 6.36. The smallest absolute Gasteiger partial charge is 0.0700 e. The molecule has 21 heavy (non-hydrogen) atoms. The highest BCUT2D eigenvalue weighted by atomic mass is 16.5. The summed E-state index contributed by atoms with van der Waals surface area (Å²) in [6.45, 7) is 14.5. The highest BCUT2D eigenvalue weighted by Gasteiger charge is 2.29. The van der Waals surface area contributed by atoms with Gasteiger partial charge < -0.3 is 14.2 Å². The van der Waals surface area contributed by atoms with E-state index in [-0.39, 0.29) is 0 Å². The van der Waals surface area contributed by atoms with Crippen molar-refractivity contribution in [3.63, 3.8) is 0 Å². The predicted molar refractivity (Wildman–Crippen MR) is 87.6 cm³/mol. The average Bonchev–Trinajstić information content (AvgIpc) is 2.45. The molecular formula is C18H34O3. The number of ether oxygens (including phenoxy) is 3. The van der Waals surface area contributed by atoms with Crippen molar-refractivity contribution >= 4 is 0 Å². The van der Waals surface area contributed by atoms with Gasteiger partial charge in [0.05, 0.1) is 19.3 Å². The van der Waals surface area contributed by atoms with E-state index in [1.54, 1.807) is 0 Å². The van der Waals surface area contributed by atoms with Crippen LogP contribution in [0.4, 0.5) is 0 Å². The highest BCUT2D eigenvalue weighted by molar-refractivity contribution is 5.02. The molecule has 0 saturated heterocycles. The van der Waals surface area contributed by atoms with Crippen molar-refractivity contribution in [1.29, 1.82) is 0 Å². The minimum Gasteiger partial charge on any atom is -0.379 e. The van der Waals surface area contributed by atoms with E-state index in [9.17, 15) is 0 Å². The Kier molecular flexibility index (Phi) is 9.98. The van der Waals surface area contributed by atoms with Crippen LogP contribution in [0.3, 0.4) is 0 Å². The van der Waals surface area contributed by atoms with Crippen LogP contribution in [-0.4, -0.2) is 39.1 Å². The van der Waals surface area contributed by atoms with E-state index in [1.807, 2.05) is 0 Å². The maximum atomic E-state index is 6.10. The Bertz CT molecular complexity index is 278. The van der Waals surface area contributed by atoms with E-state index in [0.29, 0.717) is 25.2 Å². The molecule has 0 radical (unpaired) electrons. The third-order valence-corrected chi connectivity index (χ3v) is 4.17. The van der Waals surface area contributed by atoms with Crippen LogP contribution in [0.15, 0.2) is 12.2 Å². The molecule has 0 bridgehead atoms. The molecule has 0 spiro atoms. The number of hydrogen-bond acceptors (Lipinski definition) is 3. The molecule has 0 aromatic heterocycles. The second-order valence-electron chi connectivity index (χ2n) is 6.36. The van der Waals surface area contributed by atoms with Crippen LogP contribution < -0.4 is 0 Å². The Hall–Kier alpha value is -0.380. The monoisotopic (exact) mass is 298 g/mol. The lowest BCUT2D eigenvalue weighted by molar-refractivity contribution is -0.0241. The van der Waals surface area contributed by atoms with Gasteiger partial charge in [-0.15, -0.1) is 0 Å². The highest BCUT2D eigenvalue weighted by Crippen LogP contribution is 2.34. The Morgan fingerprint density at radius 2 is 1.76 bits per heavy atom. The van der Waals surface area contributed by atoms with E-state index < -0.39 is 0 Å². The Morgan fingerprint density at radius 3 is 2.43 bits per heavy atom. The van der Waals surface area contributed by atoms with E-state index in [1.165, 1.54) is 24.8 Å². The molecule has 0 N–H and O–H groups in total. The molecule has 3 heteroatoms. The van der Waals surface area contributed by atoms with Gasteiger partial charge in [-0.05, 0) is 44.9 Å². The van der Waals surface area contributed by atoms with E-state index in [2.05, 4.69) is 27.4 Å². The third-order valence-electron chi connectivity index (χ3n) is 4.17. The first-order chi connectivity index (χ1) is 10.1. The van der Waals surface area contributed by atoms with E-state index in [0.717, 1.165) is 38.6 Å². The van der Waals surface area contributed by atoms with E-state index in [4.69, 9.17) is 14.2 Å². The van der Waals surface area contributed by atoms with Crippen molar-refractivity contribution in [2.75, 3.05) is 33.0 Å². The summed E-state index contributed by atoms with van der Waals surface area (Å²) in [6.07, 6.45) is 6.09. The van der Waals surface area contributed by atoms with E-state index >= 15 is 0 Å². The first-order valence-corrected chi connectivity index (χ1v) is 8.57. The molecule has 1 aliphatic carbocycles. The zero-order chi connectivity index (χ0) is 15.5. The minimum atomic E-state index is 0.360. The van der Waals surface area contributed by atoms with Crippen LogP contribution in [0.2, 0.25) is 0 Å². The summed E-state index contributed by atoms with van der Waals surface area (Å²) in [5, 5.41) is 0. The van der Waals surface area contributed by atoms with Crippen molar-refractivity contribution < 1.29 is 14.2 Å². The fraction of sp³-hybridized carbons (Fsp3) is 0.889. The van der Waals surface area contributed by atoms with Gasteiger partial charge in [-0.25, -0.2) is 0 Å². The van der Waals surface area contributed by atoms with Gasteiger partial charge in [0.2, 0.25) is 0 Å². The number of rotatable bonds is 11. The lowest BCUT2D eigenvalue weighted by atomic mass is 9.78. The molecule has 1 saturated carbocycles. The lowest BCUT2D eigenvalue weighted by Gasteiger charge is -2.35. The average molecular weight is 298 g/mol. The zero-order valence-corrected chi connectivity index (χ0v) is 14.2. The maximum Gasteiger partial charge on any atom is 0.0700 e. The van der Waals surface area contributed by atoms with Crippen LogP contribution in [0.5, 0.6) is 0 Å². The van der Waals surface area contributed by atoms with Gasteiger partial charge in [-0.1, -0.05) is 26.0 Å². The first kappa shape index (κ1) is 18.7. The van der Waals surface area contributed by atoms with Crippen molar-refractivity contribution in [1.82, 2.24) is 0 Å². The first-order valence-electron chi connectivity index (χ1n) is 8.57. The molecular weight excluding hydrogens is 264 g/mol. The van der Waals surface area contributed by atoms with Gasteiger partial charge in [0.15, 0.2) is 0 Å². The summed E-state index contributed by atoms with van der Waals surface area (Å²) in [7, 11) is 0. The zero-order valence-electron chi connectivity index (χ0n) is 14.2. The topological polar surface area (TPSA) is 27.7 Å². The van der Waals surface area contributed by atoms with Crippen LogP contribution >= 0.6 is 0 Å². The Balaban J connectivity index is 2.06. The van der Waals surface area contributed by atoms with Gasteiger partial charge in [0, 0.05) is 25.7 Å².